The molecule has 2 aromatic carbocycles. The molecule has 0 saturated heterocycles. The Labute approximate surface area is 209 Å². The van der Waals surface area contributed by atoms with E-state index in [4.69, 9.17) is 15.0 Å². The van der Waals surface area contributed by atoms with Crippen LogP contribution in [0.5, 0.6) is 0 Å². The highest BCUT2D eigenvalue weighted by Gasteiger charge is 2.34. The molecule has 8 heteroatoms. The van der Waals surface area contributed by atoms with E-state index in [0.29, 0.717) is 5.76 Å². The van der Waals surface area contributed by atoms with Crippen molar-refractivity contribution in [2.45, 2.75) is 51.8 Å². The van der Waals surface area contributed by atoms with Gasteiger partial charge in [-0.2, -0.15) is 0 Å². The van der Waals surface area contributed by atoms with Gasteiger partial charge in [-0.05, 0) is 45.7 Å². The molecule has 0 bridgehead atoms. The van der Waals surface area contributed by atoms with Gasteiger partial charge < -0.3 is 24.7 Å². The van der Waals surface area contributed by atoms with E-state index in [1.165, 1.54) is 0 Å². The number of aliphatic carboxylic acids is 1. The topological polar surface area (TPSA) is 121 Å². The Balaban J connectivity index is 1.64. The van der Waals surface area contributed by atoms with Crippen LogP contribution in [0.1, 0.15) is 57.5 Å². The molecule has 0 aliphatic heterocycles. The van der Waals surface area contributed by atoms with Crippen molar-refractivity contribution in [2.75, 3.05) is 0 Å². The van der Waals surface area contributed by atoms with Gasteiger partial charge in [0.25, 0.3) is 0 Å². The number of aromatic nitrogens is 2. The van der Waals surface area contributed by atoms with Gasteiger partial charge in [0.05, 0.1) is 6.04 Å². The van der Waals surface area contributed by atoms with Crippen LogP contribution in [-0.2, 0) is 14.3 Å². The summed E-state index contributed by atoms with van der Waals surface area (Å²) in [6.45, 7) is 7.10. The zero-order valence-electron chi connectivity index (χ0n) is 20.8. The van der Waals surface area contributed by atoms with Gasteiger partial charge >= 0.3 is 11.9 Å². The van der Waals surface area contributed by atoms with Gasteiger partial charge in [-0.15, -0.1) is 0 Å². The summed E-state index contributed by atoms with van der Waals surface area (Å²) in [7, 11) is 0. The maximum absolute atomic E-state index is 12.6. The van der Waals surface area contributed by atoms with Crippen molar-refractivity contribution in [3.8, 4) is 11.3 Å². The number of carboxylic acid groups (broad SMARTS) is 1. The Morgan fingerprint density at radius 3 is 2.44 bits per heavy atom. The van der Waals surface area contributed by atoms with Crippen molar-refractivity contribution in [3.63, 3.8) is 0 Å². The van der Waals surface area contributed by atoms with E-state index in [1.54, 1.807) is 20.8 Å². The summed E-state index contributed by atoms with van der Waals surface area (Å²) in [5.41, 5.74) is 9.08. The molecule has 3 N–H and O–H groups in total. The summed E-state index contributed by atoms with van der Waals surface area (Å²) in [5, 5.41) is 14.8. The third-order valence-corrected chi connectivity index (χ3v) is 6.08. The Bertz CT molecular complexity index is 1370. The molecule has 36 heavy (non-hydrogen) atoms. The average molecular weight is 490 g/mol. The molecule has 8 nitrogen and oxygen atoms in total. The van der Waals surface area contributed by atoms with Crippen molar-refractivity contribution in [1.82, 2.24) is 9.72 Å². The molecule has 3 atom stereocenters. The molecule has 2 heterocycles. The fourth-order valence-corrected chi connectivity index (χ4v) is 4.27. The van der Waals surface area contributed by atoms with Gasteiger partial charge in [-0.3, -0.25) is 9.59 Å². The van der Waals surface area contributed by atoms with Crippen LogP contribution in [0.3, 0.4) is 0 Å². The van der Waals surface area contributed by atoms with E-state index in [9.17, 15) is 14.7 Å². The molecule has 0 aliphatic rings. The second-order valence-corrected chi connectivity index (χ2v) is 9.93. The van der Waals surface area contributed by atoms with Crippen LogP contribution < -0.4 is 5.73 Å². The Kier molecular flexibility index (Phi) is 6.99. The number of carbonyl (C=O) groups excluding carboxylic acids is 1. The number of nitrogens with two attached hydrogens (primary N) is 1. The summed E-state index contributed by atoms with van der Waals surface area (Å²) < 4.78 is 13.0. The maximum atomic E-state index is 12.6. The number of hydrogen-bond donors (Lipinski definition) is 2. The monoisotopic (exact) mass is 489 g/mol. The second kappa shape index (κ2) is 9.99. The predicted octanol–water partition coefficient (Wildman–Crippen LogP) is 5.34. The second-order valence-electron chi connectivity index (χ2n) is 9.93. The predicted molar refractivity (Wildman–Crippen MR) is 136 cm³/mol. The average Bonchev–Trinajstić information content (AvgIpc) is 3.47. The summed E-state index contributed by atoms with van der Waals surface area (Å²) in [5.74, 6) is -2.75. The van der Waals surface area contributed by atoms with Crippen molar-refractivity contribution in [2.24, 2.45) is 11.7 Å². The van der Waals surface area contributed by atoms with E-state index in [0.717, 1.165) is 27.7 Å². The van der Waals surface area contributed by atoms with Gasteiger partial charge in [0, 0.05) is 34.8 Å². The number of esters is 1. The maximum Gasteiger partial charge on any atom is 0.320 e. The fraction of sp³-hybridized carbons (Fsp3) is 0.321. The first-order valence-electron chi connectivity index (χ1n) is 11.9. The molecule has 0 fully saturated rings. The number of carboxylic acids is 1. The van der Waals surface area contributed by atoms with Crippen LogP contribution in [0.2, 0.25) is 0 Å². The quantitative estimate of drug-likeness (QED) is 0.253. The van der Waals surface area contributed by atoms with Crippen LogP contribution in [-0.4, -0.2) is 32.4 Å². The number of carbonyl (C=O) groups is 2. The van der Waals surface area contributed by atoms with Crippen LogP contribution >= 0.6 is 0 Å². The van der Waals surface area contributed by atoms with Crippen LogP contribution in [0.4, 0.5) is 0 Å². The SMILES string of the molecule is CC(c1cc(-c2ccccc2)no1)n1cc(C(N)CC(C(=O)O)C(=O)OC(C)(C)C)c2ccccc21. The molecule has 188 valence electrons. The minimum absolute atomic E-state index is 0.0902. The molecular weight excluding hydrogens is 458 g/mol. The third kappa shape index (κ3) is 5.33. The Hall–Kier alpha value is -3.91. The van der Waals surface area contributed by atoms with E-state index in [2.05, 4.69) is 5.16 Å². The van der Waals surface area contributed by atoms with Crippen molar-refractivity contribution < 1.29 is 24.0 Å². The number of hydrogen-bond acceptors (Lipinski definition) is 6. The molecule has 4 aromatic rings. The first-order chi connectivity index (χ1) is 17.0. The van der Waals surface area contributed by atoms with E-state index in [-0.39, 0.29) is 12.5 Å². The standard InChI is InChI=1S/C28H31N3O5/c1-17(25-15-23(30-36-25)18-10-6-5-7-11-18)31-16-21(19-12-8-9-13-24(19)31)22(29)14-20(26(32)33)27(34)35-28(2,3)4/h5-13,15-17,20,22H,14,29H2,1-4H3,(H,32,33). The first-order valence-corrected chi connectivity index (χ1v) is 11.9. The molecular formula is C28H31N3O5. The van der Waals surface area contributed by atoms with Crippen LogP contribution in [0.25, 0.3) is 22.2 Å². The number of para-hydroxylation sites is 1. The normalized spacial score (nSPS) is 14.4. The molecule has 3 unspecified atom stereocenters. The molecule has 0 amide bonds. The summed E-state index contributed by atoms with van der Waals surface area (Å²) in [6, 6.07) is 18.5. The molecule has 0 spiro atoms. The minimum Gasteiger partial charge on any atom is -0.481 e. The van der Waals surface area contributed by atoms with Crippen molar-refractivity contribution in [3.05, 3.63) is 78.2 Å². The van der Waals surface area contributed by atoms with E-state index in [1.807, 2.05) is 78.4 Å². The van der Waals surface area contributed by atoms with E-state index >= 15 is 0 Å². The lowest BCUT2D eigenvalue weighted by atomic mass is 9.95. The number of nitrogens with zero attached hydrogens (tertiary/aromatic N) is 2. The van der Waals surface area contributed by atoms with E-state index < -0.39 is 29.5 Å². The number of benzene rings is 2. The van der Waals surface area contributed by atoms with Crippen molar-refractivity contribution >= 4 is 22.8 Å². The van der Waals surface area contributed by atoms with Gasteiger partial charge in [0.2, 0.25) is 0 Å². The van der Waals surface area contributed by atoms with Gasteiger partial charge in [-0.25, -0.2) is 0 Å². The summed E-state index contributed by atoms with van der Waals surface area (Å²) in [4.78, 5) is 24.5. The highest BCUT2D eigenvalue weighted by molar-refractivity contribution is 5.94. The molecule has 4 rings (SSSR count). The van der Waals surface area contributed by atoms with Gasteiger partial charge in [-0.1, -0.05) is 53.7 Å². The zero-order chi connectivity index (χ0) is 26.0. The minimum atomic E-state index is -1.37. The number of fused-ring (bicyclic) bond motifs is 1. The highest BCUT2D eigenvalue weighted by Crippen LogP contribution is 2.34. The highest BCUT2D eigenvalue weighted by atomic mass is 16.6. The molecule has 0 radical (unpaired) electrons. The molecule has 0 saturated carbocycles. The molecule has 2 aromatic heterocycles. The first kappa shape index (κ1) is 25.2. The zero-order valence-corrected chi connectivity index (χ0v) is 20.8. The van der Waals surface area contributed by atoms with Crippen LogP contribution in [0, 0.1) is 5.92 Å². The lowest BCUT2D eigenvalue weighted by molar-refractivity contribution is -0.167. The van der Waals surface area contributed by atoms with Crippen molar-refractivity contribution in [1.29, 1.82) is 0 Å². The smallest absolute Gasteiger partial charge is 0.320 e. The Morgan fingerprint density at radius 2 is 1.78 bits per heavy atom. The van der Waals surface area contributed by atoms with Gasteiger partial charge in [0.15, 0.2) is 11.7 Å². The van der Waals surface area contributed by atoms with Gasteiger partial charge in [0.1, 0.15) is 11.3 Å². The van der Waals surface area contributed by atoms with Crippen LogP contribution in [0.15, 0.2) is 71.4 Å². The largest absolute Gasteiger partial charge is 0.481 e. The number of rotatable bonds is 8. The molecule has 0 aliphatic carbocycles. The summed E-state index contributed by atoms with van der Waals surface area (Å²) >= 11 is 0. The lowest BCUT2D eigenvalue weighted by Gasteiger charge is -2.23. The lowest BCUT2D eigenvalue weighted by Crippen LogP contribution is -2.34. The fourth-order valence-electron chi connectivity index (χ4n) is 4.27. The third-order valence-electron chi connectivity index (χ3n) is 6.08. The number of ether oxygens (including phenoxy) is 1. The summed E-state index contributed by atoms with van der Waals surface area (Å²) in [6.07, 6.45) is 1.81. The Morgan fingerprint density at radius 1 is 1.11 bits per heavy atom.